The summed E-state index contributed by atoms with van der Waals surface area (Å²) in [4.78, 5) is 0.304. The highest BCUT2D eigenvalue weighted by molar-refractivity contribution is 7.89. The van der Waals surface area contributed by atoms with Gasteiger partial charge < -0.3 is 11.1 Å². The van der Waals surface area contributed by atoms with Crippen LogP contribution in [0.3, 0.4) is 0 Å². The van der Waals surface area contributed by atoms with E-state index in [1.807, 2.05) is 0 Å². The molecule has 0 saturated carbocycles. The third-order valence-electron chi connectivity index (χ3n) is 2.95. The summed E-state index contributed by atoms with van der Waals surface area (Å²) < 4.78 is 25.0. The van der Waals surface area contributed by atoms with E-state index < -0.39 is 10.0 Å². The second kappa shape index (κ2) is 6.88. The molecule has 0 radical (unpaired) electrons. The molecule has 0 aliphatic heterocycles. The topological polar surface area (TPSA) is 75.4 Å². The molecule has 6 heteroatoms. The van der Waals surface area contributed by atoms with E-state index in [1.165, 1.54) is 18.4 Å². The van der Waals surface area contributed by atoms with Crippen LogP contribution in [0.5, 0.6) is 0 Å². The summed E-state index contributed by atoms with van der Waals surface area (Å²) in [5.74, 6) is 0.496. The molecule has 5 nitrogen and oxygen atoms in total. The first-order valence-corrected chi connectivity index (χ1v) is 7.78. The molecule has 108 valence electrons. The third-order valence-corrected chi connectivity index (χ3v) is 4.78. The number of nitrogens with two attached hydrogens (primary N) is 1. The highest BCUT2D eigenvalue weighted by Crippen LogP contribution is 2.17. The number of nitrogens with zero attached hydrogens (tertiary/aromatic N) is 1. The predicted molar refractivity (Wildman–Crippen MR) is 78.6 cm³/mol. The molecule has 0 bridgehead atoms. The minimum absolute atomic E-state index is 0.304. The van der Waals surface area contributed by atoms with Crippen LogP contribution in [-0.2, 0) is 10.0 Å². The van der Waals surface area contributed by atoms with Gasteiger partial charge in [0.05, 0.1) is 4.90 Å². The van der Waals surface area contributed by atoms with E-state index in [-0.39, 0.29) is 0 Å². The molecule has 1 unspecified atom stereocenters. The zero-order valence-corrected chi connectivity index (χ0v) is 12.6. The number of hydrogen-bond acceptors (Lipinski definition) is 4. The van der Waals surface area contributed by atoms with Gasteiger partial charge >= 0.3 is 0 Å². The molecule has 1 aromatic rings. The van der Waals surface area contributed by atoms with Crippen molar-refractivity contribution in [3.8, 4) is 0 Å². The molecule has 1 rings (SSSR count). The van der Waals surface area contributed by atoms with Crippen LogP contribution in [0.25, 0.3) is 0 Å². The Morgan fingerprint density at radius 3 is 2.32 bits per heavy atom. The Hall–Kier alpha value is -1.11. The number of nitrogens with one attached hydrogen (secondary N) is 1. The molecule has 0 aliphatic carbocycles. The van der Waals surface area contributed by atoms with Gasteiger partial charge in [-0.1, -0.05) is 6.92 Å². The smallest absolute Gasteiger partial charge is 0.242 e. The van der Waals surface area contributed by atoms with Gasteiger partial charge in [-0.25, -0.2) is 12.7 Å². The summed E-state index contributed by atoms with van der Waals surface area (Å²) in [6.07, 6.45) is 0.972. The van der Waals surface area contributed by atoms with Crippen molar-refractivity contribution in [3.63, 3.8) is 0 Å². The molecule has 0 saturated heterocycles. The Balaban J connectivity index is 2.67. The largest absolute Gasteiger partial charge is 0.385 e. The van der Waals surface area contributed by atoms with E-state index in [4.69, 9.17) is 5.73 Å². The standard InChI is InChI=1S/C13H23N3O2S/c1-11(8-9-14)10-15-12-4-6-13(7-5-12)19(17,18)16(2)3/h4-7,11,15H,8-10,14H2,1-3H3. The van der Waals surface area contributed by atoms with Crippen LogP contribution in [0.2, 0.25) is 0 Å². The van der Waals surface area contributed by atoms with Gasteiger partial charge in [-0.15, -0.1) is 0 Å². The van der Waals surface area contributed by atoms with Gasteiger partial charge in [-0.2, -0.15) is 0 Å². The lowest BCUT2D eigenvalue weighted by molar-refractivity contribution is 0.521. The fraction of sp³-hybridized carbons (Fsp3) is 0.538. The van der Waals surface area contributed by atoms with Crippen molar-refractivity contribution in [2.45, 2.75) is 18.2 Å². The van der Waals surface area contributed by atoms with Crippen molar-refractivity contribution < 1.29 is 8.42 Å². The van der Waals surface area contributed by atoms with Crippen LogP contribution in [0.1, 0.15) is 13.3 Å². The normalized spacial score (nSPS) is 13.5. The first-order chi connectivity index (χ1) is 8.87. The van der Waals surface area contributed by atoms with Gasteiger partial charge in [-0.3, -0.25) is 0 Å². The zero-order chi connectivity index (χ0) is 14.5. The van der Waals surface area contributed by atoms with Gasteiger partial charge in [0.25, 0.3) is 0 Å². The van der Waals surface area contributed by atoms with Gasteiger partial charge in [0, 0.05) is 26.3 Å². The molecule has 19 heavy (non-hydrogen) atoms. The lowest BCUT2D eigenvalue weighted by Gasteiger charge is -2.14. The lowest BCUT2D eigenvalue weighted by atomic mass is 10.1. The Labute approximate surface area is 115 Å². The van der Waals surface area contributed by atoms with Gasteiger partial charge in [0.2, 0.25) is 10.0 Å². The second-order valence-electron chi connectivity index (χ2n) is 4.88. The number of anilines is 1. The SMILES string of the molecule is CC(CCN)CNc1ccc(S(=O)(=O)N(C)C)cc1. The molecular weight excluding hydrogens is 262 g/mol. The molecule has 0 aliphatic rings. The summed E-state index contributed by atoms with van der Waals surface area (Å²) in [6, 6.07) is 6.80. The van der Waals surface area contributed by atoms with E-state index in [9.17, 15) is 8.42 Å². The summed E-state index contributed by atoms with van der Waals surface area (Å²) in [7, 11) is -0.297. The fourth-order valence-electron chi connectivity index (χ4n) is 1.63. The summed E-state index contributed by atoms with van der Waals surface area (Å²) in [5, 5.41) is 3.27. The predicted octanol–water partition coefficient (Wildman–Crippen LogP) is 1.33. The first kappa shape index (κ1) is 15.9. The molecule has 0 fully saturated rings. The molecular formula is C13H23N3O2S. The number of rotatable bonds is 7. The minimum atomic E-state index is -3.34. The zero-order valence-electron chi connectivity index (χ0n) is 11.8. The molecule has 0 heterocycles. The van der Waals surface area contributed by atoms with Gasteiger partial charge in [0.1, 0.15) is 0 Å². The van der Waals surface area contributed by atoms with Crippen molar-refractivity contribution in [1.82, 2.24) is 4.31 Å². The quantitative estimate of drug-likeness (QED) is 0.792. The molecule has 1 atom stereocenters. The van der Waals surface area contributed by atoms with Crippen molar-refractivity contribution in [1.29, 1.82) is 0 Å². The van der Waals surface area contributed by atoms with E-state index in [2.05, 4.69) is 12.2 Å². The van der Waals surface area contributed by atoms with Crippen LogP contribution >= 0.6 is 0 Å². The fourth-order valence-corrected chi connectivity index (χ4v) is 2.54. The first-order valence-electron chi connectivity index (χ1n) is 6.34. The lowest BCUT2D eigenvalue weighted by Crippen LogP contribution is -2.22. The van der Waals surface area contributed by atoms with E-state index in [0.717, 1.165) is 18.7 Å². The Kier molecular flexibility index (Phi) is 5.78. The number of sulfonamides is 1. The second-order valence-corrected chi connectivity index (χ2v) is 7.03. The van der Waals surface area contributed by atoms with Crippen LogP contribution in [0.4, 0.5) is 5.69 Å². The van der Waals surface area contributed by atoms with Crippen molar-refractivity contribution in [2.24, 2.45) is 11.7 Å². The van der Waals surface area contributed by atoms with Crippen molar-refractivity contribution in [3.05, 3.63) is 24.3 Å². The third kappa shape index (κ3) is 4.49. The van der Waals surface area contributed by atoms with Gasteiger partial charge in [0.15, 0.2) is 0 Å². The molecule has 0 amide bonds. The Morgan fingerprint density at radius 1 is 1.26 bits per heavy atom. The average Bonchev–Trinajstić information content (AvgIpc) is 2.37. The highest BCUT2D eigenvalue weighted by atomic mass is 32.2. The maximum absolute atomic E-state index is 11.9. The summed E-state index contributed by atoms with van der Waals surface area (Å²) in [5.41, 5.74) is 6.41. The van der Waals surface area contributed by atoms with E-state index in [0.29, 0.717) is 17.4 Å². The summed E-state index contributed by atoms with van der Waals surface area (Å²) >= 11 is 0. The van der Waals surface area contributed by atoms with Crippen LogP contribution in [0.15, 0.2) is 29.2 Å². The number of hydrogen-bond donors (Lipinski definition) is 2. The van der Waals surface area contributed by atoms with Crippen molar-refractivity contribution in [2.75, 3.05) is 32.5 Å². The Bertz CT molecular complexity index is 483. The van der Waals surface area contributed by atoms with Crippen LogP contribution in [-0.4, -0.2) is 39.9 Å². The Morgan fingerprint density at radius 2 is 1.84 bits per heavy atom. The summed E-state index contributed by atoms with van der Waals surface area (Å²) in [6.45, 7) is 3.64. The number of benzene rings is 1. The minimum Gasteiger partial charge on any atom is -0.385 e. The molecule has 0 aromatic heterocycles. The average molecular weight is 285 g/mol. The van der Waals surface area contributed by atoms with E-state index >= 15 is 0 Å². The molecule has 3 N–H and O–H groups in total. The highest BCUT2D eigenvalue weighted by Gasteiger charge is 2.16. The monoisotopic (exact) mass is 285 g/mol. The molecule has 0 spiro atoms. The maximum atomic E-state index is 11.9. The molecule has 1 aromatic carbocycles. The van der Waals surface area contributed by atoms with Crippen molar-refractivity contribution >= 4 is 15.7 Å². The van der Waals surface area contributed by atoms with Crippen LogP contribution < -0.4 is 11.1 Å². The van der Waals surface area contributed by atoms with Crippen LogP contribution in [0, 0.1) is 5.92 Å². The van der Waals surface area contributed by atoms with E-state index in [1.54, 1.807) is 24.3 Å². The maximum Gasteiger partial charge on any atom is 0.242 e. The van der Waals surface area contributed by atoms with Gasteiger partial charge in [-0.05, 0) is 43.1 Å².